The van der Waals surface area contributed by atoms with Gasteiger partial charge in [-0.15, -0.1) is 0 Å². The van der Waals surface area contributed by atoms with Crippen LogP contribution in [0.4, 0.5) is 0 Å². The molecule has 1 heteroatoms. The first-order valence-corrected chi connectivity index (χ1v) is 13.5. The highest BCUT2D eigenvalue weighted by Crippen LogP contribution is 2.69. The fraction of sp³-hybridized carbons (Fsp3) is 0.931. The van der Waals surface area contributed by atoms with E-state index in [1.807, 2.05) is 0 Å². The molecule has 4 saturated carbocycles. The van der Waals surface area contributed by atoms with Crippen molar-refractivity contribution >= 4 is 0 Å². The second-order valence-electron chi connectivity index (χ2n) is 12.8. The summed E-state index contributed by atoms with van der Waals surface area (Å²) < 4.78 is 0. The molecule has 0 aromatic heterocycles. The van der Waals surface area contributed by atoms with E-state index < -0.39 is 0 Å². The van der Waals surface area contributed by atoms with E-state index in [0.29, 0.717) is 23.4 Å². The van der Waals surface area contributed by atoms with Gasteiger partial charge in [-0.05, 0) is 122 Å². The molecule has 1 nitrogen and oxygen atoms in total. The topological polar surface area (TPSA) is 20.2 Å². The van der Waals surface area contributed by atoms with Crippen LogP contribution in [0, 0.1) is 64.1 Å². The molecule has 10 unspecified atom stereocenters. The van der Waals surface area contributed by atoms with Gasteiger partial charge in [-0.3, -0.25) is 0 Å². The molecule has 4 aliphatic rings. The molecule has 0 spiro atoms. The Morgan fingerprint density at radius 3 is 2.17 bits per heavy atom. The summed E-state index contributed by atoms with van der Waals surface area (Å²) in [5, 5.41) is 9.94. The lowest BCUT2D eigenvalue weighted by atomic mass is 9.47. The summed E-state index contributed by atoms with van der Waals surface area (Å²) in [5.41, 5.74) is 1.08. The summed E-state index contributed by atoms with van der Waals surface area (Å²) in [5.74, 6) is 7.34. The molecule has 0 aromatic carbocycles. The summed E-state index contributed by atoms with van der Waals surface area (Å²) in [6.07, 6.45) is 17.8. The minimum Gasteiger partial charge on any atom is -0.396 e. The highest BCUT2D eigenvalue weighted by molar-refractivity contribution is 5.12. The van der Waals surface area contributed by atoms with E-state index >= 15 is 0 Å². The third kappa shape index (κ3) is 3.54. The Kier molecular flexibility index (Phi) is 6.53. The van der Waals surface area contributed by atoms with Crippen molar-refractivity contribution in [2.45, 2.75) is 99.3 Å². The number of fused-ring (bicyclic) bond motifs is 5. The van der Waals surface area contributed by atoms with Crippen molar-refractivity contribution in [3.05, 3.63) is 12.2 Å². The molecule has 0 radical (unpaired) electrons. The van der Waals surface area contributed by atoms with Gasteiger partial charge < -0.3 is 5.11 Å². The normalized spacial score (nSPS) is 47.9. The molecule has 4 rings (SSSR count). The first-order valence-electron chi connectivity index (χ1n) is 13.5. The molecule has 0 aromatic rings. The first-order chi connectivity index (χ1) is 14.3. The molecule has 0 amide bonds. The van der Waals surface area contributed by atoms with Crippen LogP contribution in [0.2, 0.25) is 0 Å². The zero-order valence-electron chi connectivity index (χ0n) is 20.9. The number of aliphatic hydroxyl groups is 1. The maximum atomic E-state index is 9.94. The summed E-state index contributed by atoms with van der Waals surface area (Å²) in [6, 6.07) is 0. The van der Waals surface area contributed by atoms with Gasteiger partial charge in [0.25, 0.3) is 0 Å². The van der Waals surface area contributed by atoms with Crippen LogP contribution in [-0.4, -0.2) is 11.7 Å². The van der Waals surface area contributed by atoms with Crippen LogP contribution in [0.15, 0.2) is 12.2 Å². The second kappa shape index (κ2) is 8.57. The summed E-state index contributed by atoms with van der Waals surface area (Å²) >= 11 is 0. The standard InChI is InChI=1S/C29H50O/c1-7-21(19(2)3)9-8-20(4)24-12-13-26-23-10-11-25-22(18-30)14-16-29(25,6)27(23)15-17-28(24,26)5/h8-9,19-27,30H,7,10-18H2,1-6H3. The van der Waals surface area contributed by atoms with Gasteiger partial charge in [-0.2, -0.15) is 0 Å². The monoisotopic (exact) mass is 414 g/mol. The van der Waals surface area contributed by atoms with Crippen molar-refractivity contribution in [2.24, 2.45) is 64.1 Å². The number of hydrogen-bond donors (Lipinski definition) is 1. The molecule has 172 valence electrons. The predicted molar refractivity (Wildman–Crippen MR) is 128 cm³/mol. The fourth-order valence-corrected chi connectivity index (χ4v) is 9.73. The third-order valence-electron chi connectivity index (χ3n) is 11.5. The third-order valence-corrected chi connectivity index (χ3v) is 11.5. The van der Waals surface area contributed by atoms with Crippen molar-refractivity contribution in [3.8, 4) is 0 Å². The zero-order valence-corrected chi connectivity index (χ0v) is 20.9. The van der Waals surface area contributed by atoms with E-state index in [0.717, 1.165) is 47.3 Å². The van der Waals surface area contributed by atoms with Gasteiger partial charge in [0.05, 0.1) is 0 Å². The van der Waals surface area contributed by atoms with Gasteiger partial charge >= 0.3 is 0 Å². The van der Waals surface area contributed by atoms with Crippen LogP contribution in [0.25, 0.3) is 0 Å². The van der Waals surface area contributed by atoms with Gasteiger partial charge in [-0.25, -0.2) is 0 Å². The van der Waals surface area contributed by atoms with E-state index in [-0.39, 0.29) is 0 Å². The lowest BCUT2D eigenvalue weighted by Crippen LogP contribution is -2.51. The molecule has 0 heterocycles. The molecule has 30 heavy (non-hydrogen) atoms. The van der Waals surface area contributed by atoms with E-state index in [4.69, 9.17) is 0 Å². The van der Waals surface area contributed by atoms with E-state index in [2.05, 4.69) is 53.7 Å². The number of rotatable bonds is 6. The first kappa shape index (κ1) is 22.9. The van der Waals surface area contributed by atoms with Gasteiger partial charge in [0.15, 0.2) is 0 Å². The van der Waals surface area contributed by atoms with Crippen LogP contribution < -0.4 is 0 Å². The minimum absolute atomic E-state index is 0.430. The SMILES string of the molecule is CCC(C=CC(C)C1CCC2C3CCC4C(CO)CCC4(C)C3CCC12C)C(C)C. The molecule has 1 N–H and O–H groups in total. The van der Waals surface area contributed by atoms with E-state index in [1.54, 1.807) is 0 Å². The Morgan fingerprint density at radius 1 is 0.833 bits per heavy atom. The van der Waals surface area contributed by atoms with Crippen molar-refractivity contribution < 1.29 is 5.11 Å². The number of allylic oxidation sites excluding steroid dienone is 2. The van der Waals surface area contributed by atoms with Gasteiger partial charge in [0.1, 0.15) is 0 Å². The molecular formula is C29H50O. The predicted octanol–water partition coefficient (Wildman–Crippen LogP) is 7.74. The van der Waals surface area contributed by atoms with Crippen LogP contribution in [0.1, 0.15) is 99.3 Å². The maximum absolute atomic E-state index is 9.94. The largest absolute Gasteiger partial charge is 0.396 e. The zero-order chi connectivity index (χ0) is 21.7. The molecular weight excluding hydrogens is 364 g/mol. The Hall–Kier alpha value is -0.300. The highest BCUT2D eigenvalue weighted by Gasteiger charge is 2.61. The second-order valence-corrected chi connectivity index (χ2v) is 12.8. The lowest BCUT2D eigenvalue weighted by Gasteiger charge is -2.58. The minimum atomic E-state index is 0.430. The summed E-state index contributed by atoms with van der Waals surface area (Å²) in [4.78, 5) is 0. The molecule has 0 bridgehead atoms. The number of hydrogen-bond acceptors (Lipinski definition) is 1. The molecule has 0 aliphatic heterocycles. The van der Waals surface area contributed by atoms with E-state index in [9.17, 15) is 5.11 Å². The molecule has 0 saturated heterocycles. The van der Waals surface area contributed by atoms with Gasteiger partial charge in [0.2, 0.25) is 0 Å². The lowest BCUT2D eigenvalue weighted by molar-refractivity contribution is -0.0956. The number of aliphatic hydroxyl groups excluding tert-OH is 1. The Bertz CT molecular complexity index is 622. The van der Waals surface area contributed by atoms with Crippen LogP contribution >= 0.6 is 0 Å². The van der Waals surface area contributed by atoms with E-state index in [1.165, 1.54) is 57.8 Å². The molecule has 4 aliphatic carbocycles. The fourth-order valence-electron chi connectivity index (χ4n) is 9.73. The summed E-state index contributed by atoms with van der Waals surface area (Å²) in [6.45, 7) is 15.4. The quantitative estimate of drug-likeness (QED) is 0.441. The van der Waals surface area contributed by atoms with Crippen LogP contribution in [-0.2, 0) is 0 Å². The Balaban J connectivity index is 1.50. The van der Waals surface area contributed by atoms with Gasteiger partial charge in [0, 0.05) is 6.61 Å². The average molecular weight is 415 g/mol. The smallest absolute Gasteiger partial charge is 0.0462 e. The van der Waals surface area contributed by atoms with Crippen molar-refractivity contribution in [1.29, 1.82) is 0 Å². The Morgan fingerprint density at radius 2 is 1.50 bits per heavy atom. The highest BCUT2D eigenvalue weighted by atomic mass is 16.3. The molecule has 10 atom stereocenters. The van der Waals surface area contributed by atoms with Crippen molar-refractivity contribution in [1.82, 2.24) is 0 Å². The van der Waals surface area contributed by atoms with Crippen molar-refractivity contribution in [2.75, 3.05) is 6.61 Å². The summed E-state index contributed by atoms with van der Waals surface area (Å²) in [7, 11) is 0. The van der Waals surface area contributed by atoms with Crippen molar-refractivity contribution in [3.63, 3.8) is 0 Å². The molecule has 4 fully saturated rings. The average Bonchev–Trinajstić information content (AvgIpc) is 3.24. The maximum Gasteiger partial charge on any atom is 0.0462 e. The Labute approximate surface area is 187 Å². The van der Waals surface area contributed by atoms with Crippen LogP contribution in [0.3, 0.4) is 0 Å². The van der Waals surface area contributed by atoms with Crippen LogP contribution in [0.5, 0.6) is 0 Å². The van der Waals surface area contributed by atoms with Gasteiger partial charge in [-0.1, -0.05) is 53.7 Å².